The van der Waals surface area contributed by atoms with Crippen molar-refractivity contribution in [2.24, 2.45) is 5.10 Å². The Morgan fingerprint density at radius 3 is 2.33 bits per heavy atom. The van der Waals surface area contributed by atoms with Crippen LogP contribution in [0, 0.1) is 0 Å². The molecule has 2 aromatic rings. The Morgan fingerprint density at radius 1 is 1.05 bits per heavy atom. The first kappa shape index (κ1) is 14.6. The molecule has 0 bridgehead atoms. The van der Waals surface area contributed by atoms with Crippen molar-refractivity contribution in [3.63, 3.8) is 0 Å². The predicted molar refractivity (Wildman–Crippen MR) is 87.0 cm³/mol. The van der Waals surface area contributed by atoms with Crippen molar-refractivity contribution in [2.75, 3.05) is 24.3 Å². The second-order valence-electron chi connectivity index (χ2n) is 4.68. The van der Waals surface area contributed by atoms with E-state index in [-0.39, 0.29) is 6.03 Å². The van der Waals surface area contributed by atoms with Gasteiger partial charge in [-0.3, -0.25) is 0 Å². The average Bonchev–Trinajstić information content (AvgIpc) is 2.49. The number of para-hydroxylation sites is 1. The Labute approximate surface area is 124 Å². The maximum atomic E-state index is 11.6. The van der Waals surface area contributed by atoms with Crippen LogP contribution in [0.2, 0.25) is 0 Å². The van der Waals surface area contributed by atoms with Crippen LogP contribution in [0.15, 0.2) is 59.7 Å². The minimum atomic E-state index is -0.373. The van der Waals surface area contributed by atoms with Crippen LogP contribution < -0.4 is 15.6 Å². The number of anilines is 2. The second kappa shape index (κ2) is 7.09. The number of rotatable bonds is 4. The standard InChI is InChI=1S/C16H18N4O/c1-20(2)15-10-8-13(9-11-15)12-17-19-16(21)18-14-6-4-3-5-7-14/h3-12H,1-2H3,(H2,18,19,21)/b17-12-. The van der Waals surface area contributed by atoms with E-state index in [4.69, 9.17) is 0 Å². The Bertz CT molecular complexity index is 606. The van der Waals surface area contributed by atoms with Crippen LogP contribution in [0.1, 0.15) is 5.56 Å². The summed E-state index contributed by atoms with van der Waals surface area (Å²) >= 11 is 0. The zero-order valence-corrected chi connectivity index (χ0v) is 12.1. The number of urea groups is 1. The Morgan fingerprint density at radius 2 is 1.71 bits per heavy atom. The zero-order chi connectivity index (χ0) is 15.1. The van der Waals surface area contributed by atoms with Crippen LogP contribution in [-0.4, -0.2) is 26.3 Å². The first-order valence-electron chi connectivity index (χ1n) is 6.57. The van der Waals surface area contributed by atoms with Gasteiger partial charge in [0.05, 0.1) is 6.21 Å². The average molecular weight is 282 g/mol. The number of carbonyl (C=O) groups is 1. The van der Waals surface area contributed by atoms with Gasteiger partial charge < -0.3 is 10.2 Å². The number of hydrazone groups is 1. The van der Waals surface area contributed by atoms with Crippen LogP contribution in [0.4, 0.5) is 16.2 Å². The Kier molecular flexibility index (Phi) is 4.93. The van der Waals surface area contributed by atoms with E-state index >= 15 is 0 Å². The van der Waals surface area contributed by atoms with Gasteiger partial charge in [-0.05, 0) is 29.8 Å². The normalized spacial score (nSPS) is 10.4. The number of benzene rings is 2. The van der Waals surface area contributed by atoms with Gasteiger partial charge in [-0.2, -0.15) is 5.10 Å². The molecule has 0 saturated carbocycles. The molecule has 0 aromatic heterocycles. The molecule has 2 N–H and O–H groups in total. The van der Waals surface area contributed by atoms with Gasteiger partial charge in [0.1, 0.15) is 0 Å². The molecule has 0 radical (unpaired) electrons. The molecule has 0 atom stereocenters. The van der Waals surface area contributed by atoms with Crippen LogP contribution >= 0.6 is 0 Å². The largest absolute Gasteiger partial charge is 0.378 e. The summed E-state index contributed by atoms with van der Waals surface area (Å²) < 4.78 is 0. The van der Waals surface area contributed by atoms with Gasteiger partial charge in [-0.15, -0.1) is 0 Å². The SMILES string of the molecule is CN(C)c1ccc(/C=N\NC(=O)Nc2ccccc2)cc1. The molecule has 2 aromatic carbocycles. The summed E-state index contributed by atoms with van der Waals surface area (Å²) in [6.07, 6.45) is 1.60. The number of amides is 2. The fourth-order valence-electron chi connectivity index (χ4n) is 1.70. The first-order chi connectivity index (χ1) is 10.1. The van der Waals surface area contributed by atoms with E-state index in [1.807, 2.05) is 73.6 Å². The molecule has 2 amide bonds. The number of nitrogens with one attached hydrogen (secondary N) is 2. The van der Waals surface area contributed by atoms with Crippen LogP contribution in [0.25, 0.3) is 0 Å². The number of hydrogen-bond acceptors (Lipinski definition) is 3. The maximum Gasteiger partial charge on any atom is 0.339 e. The summed E-state index contributed by atoms with van der Waals surface area (Å²) in [5, 5.41) is 6.59. The van der Waals surface area contributed by atoms with Gasteiger partial charge in [0, 0.05) is 25.5 Å². The van der Waals surface area contributed by atoms with Gasteiger partial charge in [0.2, 0.25) is 0 Å². The molecule has 0 spiro atoms. The minimum absolute atomic E-state index is 0.373. The third kappa shape index (κ3) is 4.65. The summed E-state index contributed by atoms with van der Waals surface area (Å²) in [6.45, 7) is 0. The summed E-state index contributed by atoms with van der Waals surface area (Å²) in [7, 11) is 3.97. The van der Waals surface area contributed by atoms with Gasteiger partial charge in [0.25, 0.3) is 0 Å². The molecule has 0 aliphatic heterocycles. The lowest BCUT2D eigenvalue weighted by atomic mass is 10.2. The fourth-order valence-corrected chi connectivity index (χ4v) is 1.70. The van der Waals surface area contributed by atoms with E-state index < -0.39 is 0 Å². The fraction of sp³-hybridized carbons (Fsp3) is 0.125. The maximum absolute atomic E-state index is 11.6. The van der Waals surface area contributed by atoms with Crippen molar-refractivity contribution in [3.05, 3.63) is 60.2 Å². The van der Waals surface area contributed by atoms with Gasteiger partial charge >= 0.3 is 6.03 Å². The topological polar surface area (TPSA) is 56.7 Å². The molecule has 0 aliphatic carbocycles. The Balaban J connectivity index is 1.86. The van der Waals surface area contributed by atoms with Crippen molar-refractivity contribution in [2.45, 2.75) is 0 Å². The van der Waals surface area contributed by atoms with Crippen LogP contribution in [0.3, 0.4) is 0 Å². The highest BCUT2D eigenvalue weighted by Crippen LogP contribution is 2.10. The predicted octanol–water partition coefficient (Wildman–Crippen LogP) is 2.91. The summed E-state index contributed by atoms with van der Waals surface area (Å²) in [6, 6.07) is 16.7. The molecule has 0 heterocycles. The highest BCUT2D eigenvalue weighted by Gasteiger charge is 1.98. The third-order valence-electron chi connectivity index (χ3n) is 2.82. The third-order valence-corrected chi connectivity index (χ3v) is 2.82. The molecule has 5 heteroatoms. The van der Waals surface area contributed by atoms with Crippen LogP contribution in [0.5, 0.6) is 0 Å². The first-order valence-corrected chi connectivity index (χ1v) is 6.57. The summed E-state index contributed by atoms with van der Waals surface area (Å²) in [5.41, 5.74) is 5.18. The van der Waals surface area contributed by atoms with Gasteiger partial charge in [0.15, 0.2) is 0 Å². The summed E-state index contributed by atoms with van der Waals surface area (Å²) in [4.78, 5) is 13.6. The van der Waals surface area contributed by atoms with E-state index in [1.165, 1.54) is 0 Å². The molecule has 108 valence electrons. The molecule has 0 fully saturated rings. The monoisotopic (exact) mass is 282 g/mol. The van der Waals surface area contributed by atoms with Gasteiger partial charge in [-0.1, -0.05) is 30.3 Å². The smallest absolute Gasteiger partial charge is 0.339 e. The molecule has 0 unspecified atom stereocenters. The van der Waals surface area contributed by atoms with E-state index in [2.05, 4.69) is 15.8 Å². The lowest BCUT2D eigenvalue weighted by molar-refractivity contribution is 0.252. The van der Waals surface area contributed by atoms with Crippen molar-refractivity contribution >= 4 is 23.6 Å². The Hall–Kier alpha value is -2.82. The van der Waals surface area contributed by atoms with Crippen molar-refractivity contribution < 1.29 is 4.79 Å². The van der Waals surface area contributed by atoms with Crippen LogP contribution in [-0.2, 0) is 0 Å². The van der Waals surface area contributed by atoms with Crippen molar-refractivity contribution in [1.29, 1.82) is 0 Å². The molecule has 2 rings (SSSR count). The molecular formula is C16H18N4O. The molecule has 0 saturated heterocycles. The number of hydrogen-bond donors (Lipinski definition) is 2. The highest BCUT2D eigenvalue weighted by atomic mass is 16.2. The highest BCUT2D eigenvalue weighted by molar-refractivity contribution is 5.90. The number of nitrogens with zero attached hydrogens (tertiary/aromatic N) is 2. The molecule has 21 heavy (non-hydrogen) atoms. The summed E-state index contributed by atoms with van der Waals surface area (Å²) in [5.74, 6) is 0. The quantitative estimate of drug-likeness (QED) is 0.669. The van der Waals surface area contributed by atoms with Crippen molar-refractivity contribution in [1.82, 2.24) is 5.43 Å². The van der Waals surface area contributed by atoms with E-state index in [0.717, 1.165) is 16.9 Å². The molecule has 0 aliphatic rings. The van der Waals surface area contributed by atoms with E-state index in [9.17, 15) is 4.79 Å². The zero-order valence-electron chi connectivity index (χ0n) is 12.1. The van der Waals surface area contributed by atoms with E-state index in [0.29, 0.717) is 0 Å². The number of carbonyl (C=O) groups excluding carboxylic acids is 1. The van der Waals surface area contributed by atoms with Gasteiger partial charge in [-0.25, -0.2) is 10.2 Å². The molecular weight excluding hydrogens is 264 g/mol. The lowest BCUT2D eigenvalue weighted by Gasteiger charge is -2.11. The molecule has 5 nitrogen and oxygen atoms in total. The second-order valence-corrected chi connectivity index (χ2v) is 4.68. The minimum Gasteiger partial charge on any atom is -0.378 e. The van der Waals surface area contributed by atoms with Crippen molar-refractivity contribution in [3.8, 4) is 0 Å². The van der Waals surface area contributed by atoms with E-state index in [1.54, 1.807) is 6.21 Å². The lowest BCUT2D eigenvalue weighted by Crippen LogP contribution is -2.24.